The number of H-pyrrole nitrogens is 1. The molecule has 0 unspecified atom stereocenters. The van der Waals surface area contributed by atoms with Gasteiger partial charge in [0, 0.05) is 17.1 Å². The Hall–Kier alpha value is -2.69. The Balaban J connectivity index is 2.18. The van der Waals surface area contributed by atoms with Crippen molar-refractivity contribution in [2.24, 2.45) is 0 Å². The van der Waals surface area contributed by atoms with E-state index < -0.39 is 0 Å². The van der Waals surface area contributed by atoms with Gasteiger partial charge in [0.15, 0.2) is 0 Å². The lowest BCUT2D eigenvalue weighted by molar-refractivity contribution is 1.02. The van der Waals surface area contributed by atoms with E-state index in [1.54, 1.807) is 6.20 Å². The third-order valence-corrected chi connectivity index (χ3v) is 3.28. The van der Waals surface area contributed by atoms with Gasteiger partial charge in [0.2, 0.25) is 0 Å². The quantitative estimate of drug-likeness (QED) is 0.744. The zero-order valence-corrected chi connectivity index (χ0v) is 11.1. The Morgan fingerprint density at radius 2 is 2.15 bits per heavy atom. The molecule has 3 rings (SSSR count). The molecule has 3 N–H and O–H groups in total. The second kappa shape index (κ2) is 4.77. The first-order chi connectivity index (χ1) is 9.69. The Labute approximate surface area is 115 Å². The fourth-order valence-corrected chi connectivity index (χ4v) is 2.22. The van der Waals surface area contributed by atoms with Crippen LogP contribution >= 0.6 is 0 Å². The lowest BCUT2D eigenvalue weighted by atomic mass is 10.1. The molecule has 0 atom stereocenters. The minimum absolute atomic E-state index is 0.179. The van der Waals surface area contributed by atoms with Crippen LogP contribution in [0.3, 0.4) is 0 Å². The highest BCUT2D eigenvalue weighted by Gasteiger charge is 2.09. The zero-order chi connectivity index (χ0) is 14.1. The molecule has 0 amide bonds. The van der Waals surface area contributed by atoms with Crippen LogP contribution < -0.4 is 11.3 Å². The summed E-state index contributed by atoms with van der Waals surface area (Å²) in [5, 5.41) is 0.991. The summed E-state index contributed by atoms with van der Waals surface area (Å²) >= 11 is 0. The predicted octanol–water partition coefficient (Wildman–Crippen LogP) is 2.13. The molecule has 0 radical (unpaired) electrons. The van der Waals surface area contributed by atoms with Gasteiger partial charge in [-0.15, -0.1) is 0 Å². The number of aromatic nitrogens is 3. The molecule has 3 aromatic rings. The van der Waals surface area contributed by atoms with Crippen molar-refractivity contribution in [1.82, 2.24) is 15.0 Å². The van der Waals surface area contributed by atoms with Crippen LogP contribution in [0, 0.1) is 0 Å². The topological polar surface area (TPSA) is 84.7 Å². The number of aromatic amines is 1. The van der Waals surface area contributed by atoms with Crippen molar-refractivity contribution in [3.63, 3.8) is 0 Å². The van der Waals surface area contributed by atoms with E-state index in [1.807, 2.05) is 37.3 Å². The summed E-state index contributed by atoms with van der Waals surface area (Å²) in [4.78, 5) is 23.3. The number of anilines is 1. The van der Waals surface area contributed by atoms with Crippen molar-refractivity contribution in [2.75, 3.05) is 5.73 Å². The highest BCUT2D eigenvalue weighted by molar-refractivity contribution is 5.83. The van der Waals surface area contributed by atoms with Crippen LogP contribution in [0.5, 0.6) is 0 Å². The molecule has 5 heteroatoms. The smallest absolute Gasteiger partial charge is 0.256 e. The fourth-order valence-electron chi connectivity index (χ4n) is 2.22. The summed E-state index contributed by atoms with van der Waals surface area (Å²) < 4.78 is 0. The molecule has 2 heterocycles. The highest BCUT2D eigenvalue weighted by atomic mass is 16.1. The summed E-state index contributed by atoms with van der Waals surface area (Å²) in [6, 6.07) is 9.55. The Kier molecular flexibility index (Phi) is 2.95. The van der Waals surface area contributed by atoms with Gasteiger partial charge in [0.1, 0.15) is 11.6 Å². The second-order valence-corrected chi connectivity index (χ2v) is 4.54. The summed E-state index contributed by atoms with van der Waals surface area (Å²) in [5.41, 5.74) is 7.90. The minimum atomic E-state index is -0.179. The first-order valence-electron chi connectivity index (χ1n) is 6.43. The van der Waals surface area contributed by atoms with Gasteiger partial charge in [-0.2, -0.15) is 0 Å². The number of benzene rings is 1. The lowest BCUT2D eigenvalue weighted by Crippen LogP contribution is -2.17. The molecule has 0 saturated heterocycles. The van der Waals surface area contributed by atoms with E-state index in [9.17, 15) is 4.79 Å². The molecule has 0 aliphatic heterocycles. The maximum atomic E-state index is 11.9. The number of nitrogens with two attached hydrogens (primary N) is 1. The SMILES string of the molecule is CCc1c(N)nc(-c2ccc3ncccc3c2)[nH]c1=O. The predicted molar refractivity (Wildman–Crippen MR) is 79.4 cm³/mol. The number of hydrogen-bond acceptors (Lipinski definition) is 4. The number of nitrogen functional groups attached to an aromatic ring is 1. The first kappa shape index (κ1) is 12.3. The van der Waals surface area contributed by atoms with Gasteiger partial charge in [0.05, 0.1) is 11.1 Å². The van der Waals surface area contributed by atoms with Crippen molar-refractivity contribution in [2.45, 2.75) is 13.3 Å². The Bertz CT molecular complexity index is 839. The molecule has 0 spiro atoms. The summed E-state index contributed by atoms with van der Waals surface area (Å²) in [5.74, 6) is 0.771. The van der Waals surface area contributed by atoms with Crippen molar-refractivity contribution >= 4 is 16.7 Å². The van der Waals surface area contributed by atoms with E-state index in [-0.39, 0.29) is 11.4 Å². The molecule has 1 aromatic carbocycles. The average molecular weight is 266 g/mol. The molecule has 2 aromatic heterocycles. The van der Waals surface area contributed by atoms with Gasteiger partial charge in [-0.1, -0.05) is 13.0 Å². The number of nitrogens with zero attached hydrogens (tertiary/aromatic N) is 2. The van der Waals surface area contributed by atoms with Crippen molar-refractivity contribution in [3.05, 3.63) is 52.4 Å². The van der Waals surface area contributed by atoms with Crippen molar-refractivity contribution < 1.29 is 0 Å². The lowest BCUT2D eigenvalue weighted by Gasteiger charge is -2.06. The molecule has 5 nitrogen and oxygen atoms in total. The molecule has 0 fully saturated rings. The molecular formula is C15H14N4O. The molecule has 0 aliphatic carbocycles. The summed E-state index contributed by atoms with van der Waals surface area (Å²) in [7, 11) is 0. The Morgan fingerprint density at radius 3 is 2.90 bits per heavy atom. The van der Waals surface area contributed by atoms with Crippen LogP contribution in [0.4, 0.5) is 5.82 Å². The molecule has 0 bridgehead atoms. The Morgan fingerprint density at radius 1 is 1.30 bits per heavy atom. The molecule has 0 saturated carbocycles. The van der Waals surface area contributed by atoms with Gasteiger partial charge >= 0.3 is 0 Å². The van der Waals surface area contributed by atoms with Gasteiger partial charge in [0.25, 0.3) is 5.56 Å². The molecular weight excluding hydrogens is 252 g/mol. The van der Waals surface area contributed by atoms with E-state index in [1.165, 1.54) is 0 Å². The normalized spacial score (nSPS) is 10.8. The zero-order valence-electron chi connectivity index (χ0n) is 11.1. The van der Waals surface area contributed by atoms with Crippen LogP contribution in [-0.4, -0.2) is 15.0 Å². The number of fused-ring (bicyclic) bond motifs is 1. The number of rotatable bonds is 2. The van der Waals surface area contributed by atoms with Gasteiger partial charge in [-0.3, -0.25) is 9.78 Å². The fraction of sp³-hybridized carbons (Fsp3) is 0.133. The van der Waals surface area contributed by atoms with Crippen molar-refractivity contribution in [3.8, 4) is 11.4 Å². The van der Waals surface area contributed by atoms with Crippen LogP contribution in [0.15, 0.2) is 41.3 Å². The van der Waals surface area contributed by atoms with Crippen LogP contribution in [0.1, 0.15) is 12.5 Å². The molecule has 0 aliphatic rings. The van der Waals surface area contributed by atoms with E-state index >= 15 is 0 Å². The maximum absolute atomic E-state index is 11.9. The standard InChI is InChI=1S/C15H14N4O/c1-2-11-13(16)18-14(19-15(11)20)10-5-6-12-9(8-10)4-3-7-17-12/h3-8H,2H2,1H3,(H3,16,18,19,20). The van der Waals surface area contributed by atoms with Crippen LogP contribution in [0.2, 0.25) is 0 Å². The molecule has 100 valence electrons. The monoisotopic (exact) mass is 266 g/mol. The number of nitrogens with one attached hydrogen (secondary N) is 1. The minimum Gasteiger partial charge on any atom is -0.383 e. The first-order valence-corrected chi connectivity index (χ1v) is 6.43. The maximum Gasteiger partial charge on any atom is 0.256 e. The van der Waals surface area contributed by atoms with Crippen LogP contribution in [-0.2, 0) is 6.42 Å². The van der Waals surface area contributed by atoms with E-state index in [0.717, 1.165) is 16.5 Å². The second-order valence-electron chi connectivity index (χ2n) is 4.54. The largest absolute Gasteiger partial charge is 0.383 e. The van der Waals surface area contributed by atoms with Crippen LogP contribution in [0.25, 0.3) is 22.3 Å². The average Bonchev–Trinajstić information content (AvgIpc) is 2.46. The van der Waals surface area contributed by atoms with Gasteiger partial charge < -0.3 is 10.7 Å². The van der Waals surface area contributed by atoms with Crippen molar-refractivity contribution in [1.29, 1.82) is 0 Å². The summed E-state index contributed by atoms with van der Waals surface area (Å²) in [6.07, 6.45) is 2.31. The van der Waals surface area contributed by atoms with Gasteiger partial charge in [-0.25, -0.2) is 4.98 Å². The summed E-state index contributed by atoms with van der Waals surface area (Å²) in [6.45, 7) is 1.88. The number of pyridine rings is 1. The number of hydrogen-bond donors (Lipinski definition) is 2. The van der Waals surface area contributed by atoms with E-state index in [2.05, 4.69) is 15.0 Å². The van der Waals surface area contributed by atoms with E-state index in [0.29, 0.717) is 17.8 Å². The van der Waals surface area contributed by atoms with Gasteiger partial charge in [-0.05, 0) is 30.7 Å². The highest BCUT2D eigenvalue weighted by Crippen LogP contribution is 2.21. The third-order valence-electron chi connectivity index (χ3n) is 3.28. The molecule has 20 heavy (non-hydrogen) atoms. The third kappa shape index (κ3) is 2.03. The van der Waals surface area contributed by atoms with E-state index in [4.69, 9.17) is 5.73 Å².